The molecule has 7 N–H and O–H groups in total. The highest BCUT2D eigenvalue weighted by Crippen LogP contribution is 2.34. The Labute approximate surface area is 247 Å². The van der Waals surface area contributed by atoms with Gasteiger partial charge in [0.1, 0.15) is 12.1 Å². The van der Waals surface area contributed by atoms with Crippen LogP contribution in [0.3, 0.4) is 0 Å². The zero-order valence-electron chi connectivity index (χ0n) is 23.7. The van der Waals surface area contributed by atoms with Gasteiger partial charge in [-0.1, -0.05) is 24.3 Å². The molecule has 0 radical (unpaired) electrons. The number of hydrazone groups is 1. The van der Waals surface area contributed by atoms with E-state index >= 15 is 0 Å². The number of nitrogens with one attached hydrogen (secondary N) is 2. The van der Waals surface area contributed by atoms with Gasteiger partial charge in [-0.2, -0.15) is 18.3 Å². The number of primary amides is 1. The number of aromatic nitrogens is 2. The van der Waals surface area contributed by atoms with Crippen molar-refractivity contribution in [2.45, 2.75) is 45.3 Å². The van der Waals surface area contributed by atoms with E-state index < -0.39 is 11.7 Å². The second kappa shape index (κ2) is 14.9. The first kappa shape index (κ1) is 32.7. The number of rotatable bonds is 10. The summed E-state index contributed by atoms with van der Waals surface area (Å²) in [6, 6.07) is 12.7. The average Bonchev–Trinajstić information content (AvgIpc) is 3.82. The molecule has 1 unspecified atom stereocenters. The van der Waals surface area contributed by atoms with Crippen LogP contribution in [0.2, 0.25) is 0 Å². The molecule has 0 bridgehead atoms. The molecule has 10 nitrogen and oxygen atoms in total. The van der Waals surface area contributed by atoms with Gasteiger partial charge >= 0.3 is 6.18 Å². The Balaban J connectivity index is 0.00000162. The van der Waals surface area contributed by atoms with Crippen LogP contribution in [0, 0.1) is 12.8 Å². The number of carbonyl (C=O) groups excluding carboxylic acids is 2. The zero-order valence-corrected chi connectivity index (χ0v) is 23.7. The molecule has 1 aliphatic carbocycles. The summed E-state index contributed by atoms with van der Waals surface area (Å²) in [5.41, 5.74) is 8.50. The maximum atomic E-state index is 13.3. The van der Waals surface area contributed by atoms with Gasteiger partial charge in [-0.15, -0.1) is 0 Å². The van der Waals surface area contributed by atoms with Gasteiger partial charge < -0.3 is 27.3 Å². The molecule has 1 fully saturated rings. The number of alkyl halides is 3. The number of carbonyl (C=O) groups is 2. The third-order valence-corrected chi connectivity index (χ3v) is 6.49. The number of allylic oxidation sites excluding steroid dienone is 2. The second-order valence-electron chi connectivity index (χ2n) is 10.0. The van der Waals surface area contributed by atoms with Crippen LogP contribution in [-0.2, 0) is 16.0 Å². The molecular weight excluding hydrogens is 563 g/mol. The van der Waals surface area contributed by atoms with Gasteiger partial charge in [-0.3, -0.25) is 9.59 Å². The summed E-state index contributed by atoms with van der Waals surface area (Å²) >= 11 is 0. The molecule has 0 spiro atoms. The molecule has 1 saturated carbocycles. The van der Waals surface area contributed by atoms with E-state index in [0.29, 0.717) is 23.3 Å². The van der Waals surface area contributed by atoms with E-state index in [1.807, 2.05) is 44.2 Å². The fourth-order valence-electron chi connectivity index (χ4n) is 4.16. The summed E-state index contributed by atoms with van der Waals surface area (Å²) in [4.78, 5) is 29.4. The number of aliphatic hydroxyl groups excluding tert-OH is 1. The van der Waals surface area contributed by atoms with Crippen LogP contribution in [0.5, 0.6) is 0 Å². The van der Waals surface area contributed by atoms with Gasteiger partial charge in [0, 0.05) is 29.3 Å². The van der Waals surface area contributed by atoms with Gasteiger partial charge in [-0.05, 0) is 73.6 Å². The Morgan fingerprint density at radius 1 is 1.16 bits per heavy atom. The summed E-state index contributed by atoms with van der Waals surface area (Å²) in [5, 5.41) is 18.7. The molecule has 0 saturated heterocycles. The van der Waals surface area contributed by atoms with E-state index in [1.54, 1.807) is 12.1 Å². The molecule has 228 valence electrons. The van der Waals surface area contributed by atoms with E-state index in [0.717, 1.165) is 46.9 Å². The van der Waals surface area contributed by atoms with Gasteiger partial charge in [-0.25, -0.2) is 9.97 Å². The Kier molecular flexibility index (Phi) is 11.4. The Bertz CT molecular complexity index is 1490. The molecule has 1 atom stereocenters. The van der Waals surface area contributed by atoms with E-state index in [9.17, 15) is 23.1 Å². The smallest absolute Gasteiger partial charge is 0.394 e. The SMILES string of the molecule is Cc1ccc(C/C=C(\C=N/N)C(F)(F)F)cc1-c1cc(NC(C)CO)cc(-c2cc(NC(=O)C3CC3)ncn2)c1.NC=O. The minimum Gasteiger partial charge on any atom is -0.394 e. The molecule has 2 aromatic carbocycles. The summed E-state index contributed by atoms with van der Waals surface area (Å²) in [6.45, 7) is 3.67. The Morgan fingerprint density at radius 3 is 2.49 bits per heavy atom. The highest BCUT2D eigenvalue weighted by molar-refractivity contribution is 5.93. The van der Waals surface area contributed by atoms with E-state index in [1.165, 1.54) is 6.33 Å². The second-order valence-corrected chi connectivity index (χ2v) is 10.0. The van der Waals surface area contributed by atoms with Crippen LogP contribution < -0.4 is 22.2 Å². The van der Waals surface area contributed by atoms with Crippen molar-refractivity contribution in [3.05, 3.63) is 71.6 Å². The fraction of sp³-hybridized carbons (Fsp3) is 0.300. The predicted molar refractivity (Wildman–Crippen MR) is 160 cm³/mol. The van der Waals surface area contributed by atoms with Crippen molar-refractivity contribution in [2.24, 2.45) is 22.6 Å². The van der Waals surface area contributed by atoms with Crippen molar-refractivity contribution in [3.8, 4) is 22.4 Å². The number of anilines is 2. The number of amides is 2. The van der Waals surface area contributed by atoms with Crippen molar-refractivity contribution in [3.63, 3.8) is 0 Å². The van der Waals surface area contributed by atoms with Crippen LogP contribution in [0.25, 0.3) is 22.4 Å². The minimum absolute atomic E-state index is 0.0243. The molecule has 0 aliphatic heterocycles. The number of nitrogens with zero attached hydrogens (tertiary/aromatic N) is 3. The zero-order chi connectivity index (χ0) is 31.6. The molecule has 1 heterocycles. The van der Waals surface area contributed by atoms with Gasteiger partial charge in [0.15, 0.2) is 0 Å². The van der Waals surface area contributed by atoms with E-state index in [-0.39, 0.29) is 37.3 Å². The predicted octanol–water partition coefficient (Wildman–Crippen LogP) is 4.34. The molecule has 2 amide bonds. The molecule has 43 heavy (non-hydrogen) atoms. The number of aryl methyl sites for hydroxylation is 1. The molecule has 13 heteroatoms. The van der Waals surface area contributed by atoms with Crippen LogP contribution in [-0.4, -0.2) is 52.4 Å². The van der Waals surface area contributed by atoms with Gasteiger partial charge in [0.2, 0.25) is 12.3 Å². The van der Waals surface area contributed by atoms with Crippen LogP contribution in [0.15, 0.2) is 65.5 Å². The van der Waals surface area contributed by atoms with E-state index in [4.69, 9.17) is 10.6 Å². The number of aliphatic hydroxyl groups is 1. The van der Waals surface area contributed by atoms with Crippen molar-refractivity contribution >= 4 is 30.0 Å². The number of halogens is 3. The van der Waals surface area contributed by atoms with Gasteiger partial charge in [0.05, 0.1) is 24.1 Å². The van der Waals surface area contributed by atoms with Gasteiger partial charge in [0.25, 0.3) is 0 Å². The number of hydrogen-bond acceptors (Lipinski definition) is 8. The monoisotopic (exact) mass is 597 g/mol. The fourth-order valence-corrected chi connectivity index (χ4v) is 4.16. The Morgan fingerprint density at radius 2 is 1.86 bits per heavy atom. The maximum Gasteiger partial charge on any atom is 0.417 e. The van der Waals surface area contributed by atoms with Crippen molar-refractivity contribution in [2.75, 3.05) is 17.2 Å². The van der Waals surface area contributed by atoms with Crippen molar-refractivity contribution in [1.29, 1.82) is 0 Å². The number of benzene rings is 2. The number of nitrogens with two attached hydrogens (primary N) is 2. The quantitative estimate of drug-likeness (QED) is 0.100. The molecular formula is C30H34F3N7O3. The standard InChI is InChI=1S/C29H31F3N6O2.CH3NO/c1-17-3-4-19(5-8-23(14-36-33)29(30,31)32)9-25(17)21-10-22(12-24(11-21)37-18(2)15-39)26-13-27(35-16-34-26)38-28(40)20-6-7-20;2-1-3/h3-4,8-14,16,18,20,37,39H,5-7,15,33H2,1-2H3,(H,34,35,38,40);1H,(H2,2,3)/b23-8+,36-14-;. The highest BCUT2D eigenvalue weighted by Gasteiger charge is 2.32. The third-order valence-electron chi connectivity index (χ3n) is 6.49. The van der Waals surface area contributed by atoms with Crippen LogP contribution in [0.1, 0.15) is 30.9 Å². The molecule has 3 aromatic rings. The maximum absolute atomic E-state index is 13.3. The summed E-state index contributed by atoms with van der Waals surface area (Å²) in [7, 11) is 0. The largest absolute Gasteiger partial charge is 0.417 e. The van der Waals surface area contributed by atoms with E-state index in [2.05, 4.69) is 31.4 Å². The average molecular weight is 598 g/mol. The van der Waals surface area contributed by atoms with Crippen molar-refractivity contribution < 1.29 is 27.9 Å². The lowest BCUT2D eigenvalue weighted by Crippen LogP contribution is -2.19. The highest BCUT2D eigenvalue weighted by atomic mass is 19.4. The number of hydrogen-bond donors (Lipinski definition) is 5. The topological polar surface area (TPSA) is 169 Å². The first-order valence-corrected chi connectivity index (χ1v) is 13.4. The molecule has 1 aliphatic rings. The lowest BCUT2D eigenvalue weighted by Gasteiger charge is -2.17. The molecule has 4 rings (SSSR count). The first-order valence-electron chi connectivity index (χ1n) is 13.4. The van der Waals surface area contributed by atoms with Crippen molar-refractivity contribution in [1.82, 2.24) is 9.97 Å². The lowest BCUT2D eigenvalue weighted by atomic mass is 9.94. The first-order chi connectivity index (χ1) is 20.5. The summed E-state index contributed by atoms with van der Waals surface area (Å²) < 4.78 is 39.8. The normalized spacial score (nSPS) is 14.0. The Hall–Kier alpha value is -4.78. The minimum atomic E-state index is -4.57. The molecule has 1 aromatic heterocycles. The van der Waals surface area contributed by atoms with Crippen LogP contribution >= 0.6 is 0 Å². The summed E-state index contributed by atoms with van der Waals surface area (Å²) in [5.74, 6) is 5.32. The van der Waals surface area contributed by atoms with Crippen LogP contribution in [0.4, 0.5) is 24.7 Å². The lowest BCUT2D eigenvalue weighted by molar-refractivity contribution is -0.117. The third kappa shape index (κ3) is 9.64. The summed E-state index contributed by atoms with van der Waals surface area (Å²) in [6.07, 6.45) is 0.485.